The fourth-order valence-electron chi connectivity index (χ4n) is 2.47. The molecule has 1 aliphatic carbocycles. The third-order valence-electron chi connectivity index (χ3n) is 3.84. The molecule has 0 unspecified atom stereocenters. The SMILES string of the molecule is CN(CC1CCC1)c1cc2c(nn1)CCSC2. The molecule has 0 atom stereocenters. The summed E-state index contributed by atoms with van der Waals surface area (Å²) < 4.78 is 0. The van der Waals surface area contributed by atoms with Crippen molar-refractivity contribution in [2.75, 3.05) is 24.2 Å². The van der Waals surface area contributed by atoms with Gasteiger partial charge in [0.15, 0.2) is 5.82 Å². The van der Waals surface area contributed by atoms with Crippen LogP contribution in [0.5, 0.6) is 0 Å². The molecule has 0 aromatic carbocycles. The summed E-state index contributed by atoms with van der Waals surface area (Å²) in [5.74, 6) is 4.24. The molecule has 0 bridgehead atoms. The first-order valence-electron chi connectivity index (χ1n) is 6.47. The molecule has 3 nitrogen and oxygen atoms in total. The molecule has 0 amide bonds. The van der Waals surface area contributed by atoms with Crippen LogP contribution < -0.4 is 4.90 Å². The Morgan fingerprint density at radius 2 is 2.29 bits per heavy atom. The summed E-state index contributed by atoms with van der Waals surface area (Å²) >= 11 is 2.00. The van der Waals surface area contributed by atoms with Crippen LogP contribution in [0, 0.1) is 5.92 Å². The first kappa shape index (κ1) is 11.3. The fourth-order valence-corrected chi connectivity index (χ4v) is 3.42. The Morgan fingerprint density at radius 1 is 1.41 bits per heavy atom. The molecule has 4 heteroatoms. The van der Waals surface area contributed by atoms with Gasteiger partial charge in [0.25, 0.3) is 0 Å². The number of hydrogen-bond acceptors (Lipinski definition) is 4. The third-order valence-corrected chi connectivity index (χ3v) is 4.84. The molecule has 1 aromatic heterocycles. The molecule has 3 rings (SSSR count). The van der Waals surface area contributed by atoms with Crippen molar-refractivity contribution in [3.63, 3.8) is 0 Å². The van der Waals surface area contributed by atoms with Gasteiger partial charge in [-0.3, -0.25) is 0 Å². The van der Waals surface area contributed by atoms with Crippen molar-refractivity contribution in [2.24, 2.45) is 5.92 Å². The van der Waals surface area contributed by atoms with E-state index in [0.717, 1.165) is 30.5 Å². The smallest absolute Gasteiger partial charge is 0.151 e. The summed E-state index contributed by atoms with van der Waals surface area (Å²) in [7, 11) is 2.14. The molecule has 0 saturated heterocycles. The monoisotopic (exact) mass is 249 g/mol. The van der Waals surface area contributed by atoms with Crippen molar-refractivity contribution >= 4 is 17.6 Å². The molecule has 1 fully saturated rings. The molecule has 0 radical (unpaired) electrons. The molecule has 0 spiro atoms. The van der Waals surface area contributed by atoms with Crippen molar-refractivity contribution in [3.8, 4) is 0 Å². The van der Waals surface area contributed by atoms with Crippen LogP contribution in [0.15, 0.2) is 6.07 Å². The Balaban J connectivity index is 1.73. The van der Waals surface area contributed by atoms with Crippen LogP contribution in [0.25, 0.3) is 0 Å². The first-order chi connectivity index (χ1) is 8.33. The van der Waals surface area contributed by atoms with E-state index in [1.54, 1.807) is 0 Å². The zero-order valence-corrected chi connectivity index (χ0v) is 11.2. The largest absolute Gasteiger partial charge is 0.358 e. The zero-order valence-electron chi connectivity index (χ0n) is 10.4. The molecule has 92 valence electrons. The highest BCUT2D eigenvalue weighted by Crippen LogP contribution is 2.29. The van der Waals surface area contributed by atoms with Gasteiger partial charge in [-0.15, -0.1) is 5.10 Å². The molecular weight excluding hydrogens is 230 g/mol. The minimum Gasteiger partial charge on any atom is -0.358 e. The normalized spacial score (nSPS) is 19.6. The minimum atomic E-state index is 0.882. The zero-order chi connectivity index (χ0) is 11.7. The summed E-state index contributed by atoms with van der Waals surface area (Å²) in [6.45, 7) is 1.14. The first-order valence-corrected chi connectivity index (χ1v) is 7.63. The summed E-state index contributed by atoms with van der Waals surface area (Å²) in [5.41, 5.74) is 2.61. The van der Waals surface area contributed by atoms with Crippen LogP contribution in [-0.2, 0) is 12.2 Å². The number of aromatic nitrogens is 2. The fraction of sp³-hybridized carbons (Fsp3) is 0.692. The molecule has 2 heterocycles. The average Bonchev–Trinajstić information content (AvgIpc) is 2.33. The summed E-state index contributed by atoms with van der Waals surface area (Å²) in [4.78, 5) is 2.27. The van der Waals surface area contributed by atoms with E-state index < -0.39 is 0 Å². The number of fused-ring (bicyclic) bond motifs is 1. The van der Waals surface area contributed by atoms with E-state index in [2.05, 4.69) is 28.2 Å². The predicted molar refractivity (Wildman–Crippen MR) is 72.5 cm³/mol. The van der Waals surface area contributed by atoms with Crippen LogP contribution in [0.3, 0.4) is 0 Å². The lowest BCUT2D eigenvalue weighted by molar-refractivity contribution is 0.321. The van der Waals surface area contributed by atoms with Gasteiger partial charge in [0.05, 0.1) is 5.69 Å². The van der Waals surface area contributed by atoms with Gasteiger partial charge in [-0.05, 0) is 36.1 Å². The highest BCUT2D eigenvalue weighted by atomic mass is 32.2. The third kappa shape index (κ3) is 2.41. The Labute approximate surface area is 107 Å². The standard InChI is InChI=1S/C13H19N3S/c1-16(8-10-3-2-4-10)13-7-11-9-17-6-5-12(11)14-15-13/h7,10H,2-6,8-9H2,1H3. The van der Waals surface area contributed by atoms with Crippen molar-refractivity contribution in [3.05, 3.63) is 17.3 Å². The second-order valence-corrected chi connectivity index (χ2v) is 6.26. The number of thioether (sulfide) groups is 1. The van der Waals surface area contributed by atoms with Crippen LogP contribution >= 0.6 is 11.8 Å². The van der Waals surface area contributed by atoms with Crippen molar-refractivity contribution in [1.29, 1.82) is 0 Å². The van der Waals surface area contributed by atoms with Crippen LogP contribution in [0.4, 0.5) is 5.82 Å². The Bertz CT molecular complexity index is 404. The van der Waals surface area contributed by atoms with E-state index in [9.17, 15) is 0 Å². The highest BCUT2D eigenvalue weighted by Gasteiger charge is 2.20. The van der Waals surface area contributed by atoms with Gasteiger partial charge in [-0.1, -0.05) is 6.42 Å². The van der Waals surface area contributed by atoms with E-state index in [1.165, 1.54) is 36.3 Å². The lowest BCUT2D eigenvalue weighted by Gasteiger charge is -2.30. The van der Waals surface area contributed by atoms with E-state index in [4.69, 9.17) is 0 Å². The maximum atomic E-state index is 4.39. The van der Waals surface area contributed by atoms with Crippen molar-refractivity contribution in [1.82, 2.24) is 10.2 Å². The van der Waals surface area contributed by atoms with Gasteiger partial charge in [0, 0.05) is 25.8 Å². The minimum absolute atomic E-state index is 0.882. The van der Waals surface area contributed by atoms with E-state index in [0.29, 0.717) is 0 Å². The molecule has 2 aliphatic rings. The summed E-state index contributed by atoms with van der Waals surface area (Å²) in [6, 6.07) is 2.24. The Kier molecular flexibility index (Phi) is 3.23. The van der Waals surface area contributed by atoms with Crippen LogP contribution in [0.1, 0.15) is 30.5 Å². The second kappa shape index (κ2) is 4.84. The topological polar surface area (TPSA) is 29.0 Å². The summed E-state index contributed by atoms with van der Waals surface area (Å²) in [5, 5.41) is 8.76. The molecule has 1 saturated carbocycles. The lowest BCUT2D eigenvalue weighted by Crippen LogP contribution is -2.30. The number of anilines is 1. The molecular formula is C13H19N3S. The number of nitrogens with zero attached hydrogens (tertiary/aromatic N) is 3. The Hall–Kier alpha value is -0.770. The predicted octanol–water partition coefficient (Wildman–Crippen LogP) is 2.50. The van der Waals surface area contributed by atoms with Crippen LogP contribution in [0.2, 0.25) is 0 Å². The van der Waals surface area contributed by atoms with E-state index in [-0.39, 0.29) is 0 Å². The summed E-state index contributed by atoms with van der Waals surface area (Å²) in [6.07, 6.45) is 5.27. The molecule has 1 aliphatic heterocycles. The van der Waals surface area contributed by atoms with E-state index >= 15 is 0 Å². The number of aryl methyl sites for hydroxylation is 1. The van der Waals surface area contributed by atoms with Gasteiger partial charge >= 0.3 is 0 Å². The maximum Gasteiger partial charge on any atom is 0.151 e. The molecule has 0 N–H and O–H groups in total. The van der Waals surface area contributed by atoms with Gasteiger partial charge in [-0.25, -0.2) is 0 Å². The van der Waals surface area contributed by atoms with Gasteiger partial charge < -0.3 is 4.90 Å². The molecule has 1 aromatic rings. The van der Waals surface area contributed by atoms with Gasteiger partial charge in [-0.2, -0.15) is 16.9 Å². The maximum absolute atomic E-state index is 4.39. The quantitative estimate of drug-likeness (QED) is 0.823. The second-order valence-electron chi connectivity index (χ2n) is 5.15. The number of rotatable bonds is 3. The van der Waals surface area contributed by atoms with Crippen LogP contribution in [-0.4, -0.2) is 29.5 Å². The van der Waals surface area contributed by atoms with Crippen molar-refractivity contribution < 1.29 is 0 Å². The highest BCUT2D eigenvalue weighted by molar-refractivity contribution is 7.98. The van der Waals surface area contributed by atoms with Gasteiger partial charge in [0.1, 0.15) is 0 Å². The van der Waals surface area contributed by atoms with Crippen molar-refractivity contribution in [2.45, 2.75) is 31.4 Å². The van der Waals surface area contributed by atoms with E-state index in [1.807, 2.05) is 11.8 Å². The molecule has 17 heavy (non-hydrogen) atoms. The Morgan fingerprint density at radius 3 is 3.06 bits per heavy atom. The average molecular weight is 249 g/mol. The van der Waals surface area contributed by atoms with Gasteiger partial charge in [0.2, 0.25) is 0 Å². The number of hydrogen-bond donors (Lipinski definition) is 0. The lowest BCUT2D eigenvalue weighted by atomic mass is 9.85.